The van der Waals surface area contributed by atoms with Gasteiger partial charge >= 0.3 is 0 Å². The summed E-state index contributed by atoms with van der Waals surface area (Å²) < 4.78 is 0. The summed E-state index contributed by atoms with van der Waals surface area (Å²) in [6.45, 7) is 0.893. The van der Waals surface area contributed by atoms with Gasteiger partial charge in [0.1, 0.15) is 5.69 Å². The van der Waals surface area contributed by atoms with E-state index in [4.69, 9.17) is 0 Å². The van der Waals surface area contributed by atoms with E-state index in [9.17, 15) is 4.79 Å². The van der Waals surface area contributed by atoms with Crippen LogP contribution in [0.1, 0.15) is 61.0 Å². The van der Waals surface area contributed by atoms with Gasteiger partial charge in [0, 0.05) is 12.6 Å². The third-order valence-corrected chi connectivity index (χ3v) is 5.00. The van der Waals surface area contributed by atoms with Gasteiger partial charge in [0.2, 0.25) is 0 Å². The molecule has 138 valence electrons. The smallest absolute Gasteiger partial charge is 0.270 e. The predicted molar refractivity (Wildman–Crippen MR) is 106 cm³/mol. The van der Waals surface area contributed by atoms with Crippen LogP contribution in [0.25, 0.3) is 0 Å². The number of aryl methyl sites for hydroxylation is 1. The summed E-state index contributed by atoms with van der Waals surface area (Å²) in [7, 11) is 0. The van der Waals surface area contributed by atoms with E-state index in [2.05, 4.69) is 39.9 Å². The van der Waals surface area contributed by atoms with E-state index < -0.39 is 0 Å². The quantitative estimate of drug-likeness (QED) is 0.567. The van der Waals surface area contributed by atoms with Crippen molar-refractivity contribution < 1.29 is 4.79 Å². The lowest BCUT2D eigenvalue weighted by Gasteiger charge is -2.16. The minimum Gasteiger partial charge on any atom is -0.384 e. The largest absolute Gasteiger partial charge is 0.384 e. The Kier molecular flexibility index (Phi) is 7.05. The van der Waals surface area contributed by atoms with Gasteiger partial charge in [0.05, 0.1) is 11.9 Å². The topological polar surface area (TPSA) is 54.0 Å². The molecule has 0 unspecified atom stereocenters. The first-order valence-electron chi connectivity index (χ1n) is 9.86. The van der Waals surface area contributed by atoms with Gasteiger partial charge in [-0.25, -0.2) is 4.98 Å². The molecule has 1 aliphatic rings. The molecule has 1 aliphatic carbocycles. The molecule has 1 aromatic heterocycles. The van der Waals surface area contributed by atoms with Gasteiger partial charge in [0.15, 0.2) is 0 Å². The van der Waals surface area contributed by atoms with Crippen molar-refractivity contribution in [2.24, 2.45) is 0 Å². The molecule has 26 heavy (non-hydrogen) atoms. The minimum atomic E-state index is -0.0486. The Labute approximate surface area is 156 Å². The molecule has 4 nitrogen and oxygen atoms in total. The standard InChI is InChI=1S/C22H29N3O/c26-22(25-19-12-6-1-2-7-13-19)21-15-14-20(17-24-21)23-16-8-11-18-9-4-3-5-10-18/h3-5,9-10,14-15,17,19,23H,1-2,6-8,11-13,16H2,(H,25,26). The molecule has 3 rings (SSSR count). The SMILES string of the molecule is O=C(NC1CCCCCC1)c1ccc(NCCCc2ccccc2)cn1. The zero-order valence-electron chi connectivity index (χ0n) is 15.4. The lowest BCUT2D eigenvalue weighted by Crippen LogP contribution is -2.34. The molecule has 0 spiro atoms. The average Bonchev–Trinajstić information content (AvgIpc) is 2.95. The zero-order valence-corrected chi connectivity index (χ0v) is 15.4. The Balaban J connectivity index is 1.41. The fourth-order valence-electron chi connectivity index (χ4n) is 3.49. The molecule has 2 aromatic rings. The molecular weight excluding hydrogens is 322 g/mol. The molecule has 0 radical (unpaired) electrons. The average molecular weight is 351 g/mol. The van der Waals surface area contributed by atoms with Crippen LogP contribution in [0.4, 0.5) is 5.69 Å². The third kappa shape index (κ3) is 5.87. The second-order valence-corrected chi connectivity index (χ2v) is 7.11. The van der Waals surface area contributed by atoms with Crippen LogP contribution < -0.4 is 10.6 Å². The van der Waals surface area contributed by atoms with Gasteiger partial charge in [-0.2, -0.15) is 0 Å². The van der Waals surface area contributed by atoms with E-state index in [0.29, 0.717) is 11.7 Å². The number of anilines is 1. The Morgan fingerprint density at radius 1 is 1.00 bits per heavy atom. The van der Waals surface area contributed by atoms with Crippen molar-refractivity contribution in [3.63, 3.8) is 0 Å². The van der Waals surface area contributed by atoms with Crippen LogP contribution in [-0.2, 0) is 6.42 Å². The summed E-state index contributed by atoms with van der Waals surface area (Å²) >= 11 is 0. The van der Waals surface area contributed by atoms with Crippen LogP contribution >= 0.6 is 0 Å². The summed E-state index contributed by atoms with van der Waals surface area (Å²) in [6, 6.07) is 14.6. The Morgan fingerprint density at radius 2 is 1.77 bits per heavy atom. The number of benzene rings is 1. The molecule has 1 amide bonds. The first kappa shape index (κ1) is 18.4. The number of aromatic nitrogens is 1. The van der Waals surface area contributed by atoms with E-state index in [-0.39, 0.29) is 5.91 Å². The second kappa shape index (κ2) is 9.95. The summed E-state index contributed by atoms with van der Waals surface area (Å²) in [5.41, 5.74) is 2.83. The highest BCUT2D eigenvalue weighted by Gasteiger charge is 2.16. The maximum Gasteiger partial charge on any atom is 0.270 e. The molecule has 1 aromatic carbocycles. The third-order valence-electron chi connectivity index (χ3n) is 5.00. The van der Waals surface area contributed by atoms with Crippen molar-refractivity contribution in [2.75, 3.05) is 11.9 Å². The number of carbonyl (C=O) groups is 1. The Morgan fingerprint density at radius 3 is 2.46 bits per heavy atom. The van der Waals surface area contributed by atoms with Crippen molar-refractivity contribution in [3.05, 3.63) is 59.9 Å². The van der Waals surface area contributed by atoms with E-state index >= 15 is 0 Å². The Hall–Kier alpha value is -2.36. The fourth-order valence-corrected chi connectivity index (χ4v) is 3.49. The molecular formula is C22H29N3O. The van der Waals surface area contributed by atoms with Crippen LogP contribution in [0.2, 0.25) is 0 Å². The summed E-state index contributed by atoms with van der Waals surface area (Å²) in [5.74, 6) is -0.0486. The first-order chi connectivity index (χ1) is 12.8. The van der Waals surface area contributed by atoms with Crippen LogP contribution in [-0.4, -0.2) is 23.5 Å². The highest BCUT2D eigenvalue weighted by molar-refractivity contribution is 5.92. The molecule has 2 N–H and O–H groups in total. The number of hydrogen-bond donors (Lipinski definition) is 2. The summed E-state index contributed by atoms with van der Waals surface area (Å²) in [5, 5.41) is 6.52. The highest BCUT2D eigenvalue weighted by Crippen LogP contribution is 2.17. The number of rotatable bonds is 7. The van der Waals surface area contributed by atoms with Crippen molar-refractivity contribution in [1.29, 1.82) is 0 Å². The molecule has 0 bridgehead atoms. The lowest BCUT2D eigenvalue weighted by atomic mass is 10.1. The van der Waals surface area contributed by atoms with Gasteiger partial charge in [-0.05, 0) is 43.4 Å². The molecule has 0 saturated heterocycles. The number of amides is 1. The van der Waals surface area contributed by atoms with Gasteiger partial charge in [-0.3, -0.25) is 4.79 Å². The maximum absolute atomic E-state index is 12.4. The maximum atomic E-state index is 12.4. The molecule has 0 atom stereocenters. The van der Waals surface area contributed by atoms with Crippen molar-refractivity contribution >= 4 is 11.6 Å². The predicted octanol–water partition coefficient (Wildman–Crippen LogP) is 4.58. The first-order valence-corrected chi connectivity index (χ1v) is 9.86. The highest BCUT2D eigenvalue weighted by atomic mass is 16.1. The van der Waals surface area contributed by atoms with Crippen LogP contribution in [0, 0.1) is 0 Å². The van der Waals surface area contributed by atoms with Crippen LogP contribution in [0.5, 0.6) is 0 Å². The van der Waals surface area contributed by atoms with E-state index in [1.54, 1.807) is 6.20 Å². The number of nitrogens with zero attached hydrogens (tertiary/aromatic N) is 1. The van der Waals surface area contributed by atoms with Crippen LogP contribution in [0.15, 0.2) is 48.7 Å². The normalized spacial score (nSPS) is 15.2. The minimum absolute atomic E-state index is 0.0486. The second-order valence-electron chi connectivity index (χ2n) is 7.11. The monoisotopic (exact) mass is 351 g/mol. The molecule has 4 heteroatoms. The summed E-state index contributed by atoms with van der Waals surface area (Å²) in [4.78, 5) is 16.7. The van der Waals surface area contributed by atoms with Gasteiger partial charge < -0.3 is 10.6 Å². The van der Waals surface area contributed by atoms with Gasteiger partial charge in [-0.15, -0.1) is 0 Å². The number of nitrogens with one attached hydrogen (secondary N) is 2. The van der Waals surface area contributed by atoms with E-state index in [0.717, 1.165) is 37.9 Å². The van der Waals surface area contributed by atoms with Crippen molar-refractivity contribution in [3.8, 4) is 0 Å². The number of carbonyl (C=O) groups excluding carboxylic acids is 1. The zero-order chi connectivity index (χ0) is 18.0. The van der Waals surface area contributed by atoms with Crippen molar-refractivity contribution in [2.45, 2.75) is 57.4 Å². The fraction of sp³-hybridized carbons (Fsp3) is 0.455. The van der Waals surface area contributed by atoms with Gasteiger partial charge in [-0.1, -0.05) is 56.0 Å². The van der Waals surface area contributed by atoms with E-state index in [1.165, 1.54) is 31.2 Å². The van der Waals surface area contributed by atoms with Gasteiger partial charge in [0.25, 0.3) is 5.91 Å². The van der Waals surface area contributed by atoms with Crippen molar-refractivity contribution in [1.82, 2.24) is 10.3 Å². The number of pyridine rings is 1. The molecule has 1 heterocycles. The molecule has 1 fully saturated rings. The number of hydrogen-bond acceptors (Lipinski definition) is 3. The van der Waals surface area contributed by atoms with Crippen LogP contribution in [0.3, 0.4) is 0 Å². The van der Waals surface area contributed by atoms with E-state index in [1.807, 2.05) is 18.2 Å². The lowest BCUT2D eigenvalue weighted by molar-refractivity contribution is 0.0928. The molecule has 1 saturated carbocycles. The summed E-state index contributed by atoms with van der Waals surface area (Å²) in [6.07, 6.45) is 11.1. The Bertz CT molecular complexity index is 662. The molecule has 0 aliphatic heterocycles.